The molecule has 0 saturated carbocycles. The van der Waals surface area contributed by atoms with Crippen LogP contribution in [0, 0.1) is 5.41 Å². The summed E-state index contributed by atoms with van der Waals surface area (Å²) in [6.45, 7) is 5.01. The Bertz CT molecular complexity index is 1480. The molecule has 0 fully saturated rings. The molecule has 0 aliphatic carbocycles. The van der Waals surface area contributed by atoms with Crippen molar-refractivity contribution in [1.29, 1.82) is 5.41 Å². The van der Waals surface area contributed by atoms with Crippen LogP contribution in [0.3, 0.4) is 0 Å². The minimum absolute atomic E-state index is 0.00633. The lowest BCUT2D eigenvalue weighted by Gasteiger charge is -2.21. The van der Waals surface area contributed by atoms with Crippen LogP contribution in [0.1, 0.15) is 45.1 Å². The maximum atomic E-state index is 12.8. The summed E-state index contributed by atoms with van der Waals surface area (Å²) >= 11 is 20.2. The molecule has 0 saturated heterocycles. The number of benzene rings is 1. The van der Waals surface area contributed by atoms with Crippen LogP contribution in [0.2, 0.25) is 15.2 Å². The summed E-state index contributed by atoms with van der Waals surface area (Å²) in [5, 5.41) is 14.2. The minimum Gasteiger partial charge on any atom is -0.478 e. The van der Waals surface area contributed by atoms with E-state index in [-0.39, 0.29) is 50.2 Å². The third-order valence-electron chi connectivity index (χ3n) is 5.81. The maximum Gasteiger partial charge on any atom is 0.280 e. The Labute approximate surface area is 242 Å². The first-order chi connectivity index (χ1) is 18.5. The van der Waals surface area contributed by atoms with E-state index in [1.54, 1.807) is 23.6 Å². The Kier molecular flexibility index (Phi) is 8.60. The number of nitrogens with zero attached hydrogens (tertiary/aromatic N) is 3. The van der Waals surface area contributed by atoms with Crippen LogP contribution in [-0.4, -0.2) is 52.7 Å². The molecule has 4 rings (SSSR count). The van der Waals surface area contributed by atoms with Crippen LogP contribution < -0.4 is 26.0 Å². The molecule has 39 heavy (non-hydrogen) atoms. The lowest BCUT2D eigenvalue weighted by Crippen LogP contribution is -2.48. The van der Waals surface area contributed by atoms with Crippen molar-refractivity contribution in [1.82, 2.24) is 20.6 Å². The molecule has 1 aliphatic heterocycles. The highest BCUT2D eigenvalue weighted by Crippen LogP contribution is 2.43. The lowest BCUT2D eigenvalue weighted by atomic mass is 10.0. The predicted molar refractivity (Wildman–Crippen MR) is 151 cm³/mol. The van der Waals surface area contributed by atoms with Crippen molar-refractivity contribution in [3.63, 3.8) is 0 Å². The first kappa shape index (κ1) is 28.6. The van der Waals surface area contributed by atoms with Gasteiger partial charge in [0, 0.05) is 30.6 Å². The highest BCUT2D eigenvalue weighted by atomic mass is 35.5. The van der Waals surface area contributed by atoms with Crippen molar-refractivity contribution in [3.8, 4) is 5.75 Å². The number of carbonyl (C=O) groups is 3. The number of nitrogens with one attached hydrogen (secondary N) is 3. The number of hydrogen-bond donors (Lipinski definition) is 4. The number of amides is 2. The van der Waals surface area contributed by atoms with E-state index in [2.05, 4.69) is 20.6 Å². The average molecular weight is 611 g/mol. The van der Waals surface area contributed by atoms with Gasteiger partial charge in [-0.05, 0) is 31.4 Å². The van der Waals surface area contributed by atoms with Gasteiger partial charge in [0.2, 0.25) is 11.7 Å². The highest BCUT2D eigenvalue weighted by molar-refractivity contribution is 7.12. The first-order valence-electron chi connectivity index (χ1n) is 11.6. The SMILES string of the molecule is CCN(CC)c1nc(N)c(C(=O)NC(=N)NC(=O)C2Cc3cc(C(=O)c4cccs4)c(Cl)c(Cl)c3O2)nc1Cl. The number of hydrogen-bond acceptors (Lipinski definition) is 10. The quantitative estimate of drug-likeness (QED) is 0.178. The number of nitrogen functional groups attached to an aromatic ring is 1. The average Bonchev–Trinajstić information content (AvgIpc) is 3.59. The van der Waals surface area contributed by atoms with Crippen LogP contribution in [0.15, 0.2) is 23.6 Å². The van der Waals surface area contributed by atoms with Gasteiger partial charge in [0.15, 0.2) is 28.6 Å². The summed E-state index contributed by atoms with van der Waals surface area (Å²) in [6, 6.07) is 4.96. The van der Waals surface area contributed by atoms with Crippen molar-refractivity contribution in [3.05, 3.63) is 60.5 Å². The first-order valence-corrected chi connectivity index (χ1v) is 13.6. The molecule has 1 aromatic carbocycles. The zero-order chi connectivity index (χ0) is 28.4. The van der Waals surface area contributed by atoms with E-state index in [1.807, 2.05) is 18.7 Å². The molecule has 0 bridgehead atoms. The number of fused-ring (bicyclic) bond motifs is 1. The van der Waals surface area contributed by atoms with Crippen molar-refractivity contribution >= 4 is 81.3 Å². The van der Waals surface area contributed by atoms with E-state index in [1.165, 1.54) is 11.3 Å². The second-order valence-corrected chi connectivity index (χ2v) is 10.3. The third-order valence-corrected chi connectivity index (χ3v) is 7.79. The van der Waals surface area contributed by atoms with E-state index in [0.717, 1.165) is 0 Å². The van der Waals surface area contributed by atoms with Gasteiger partial charge in [0.05, 0.1) is 9.90 Å². The number of guanidine groups is 1. The van der Waals surface area contributed by atoms with Gasteiger partial charge in [0.25, 0.3) is 11.8 Å². The predicted octanol–water partition coefficient (Wildman–Crippen LogP) is 3.94. The monoisotopic (exact) mass is 609 g/mol. The molecular formula is C24H22Cl3N7O4S. The molecule has 1 atom stereocenters. The summed E-state index contributed by atoms with van der Waals surface area (Å²) < 4.78 is 5.68. The van der Waals surface area contributed by atoms with Crippen molar-refractivity contribution in [2.45, 2.75) is 26.4 Å². The lowest BCUT2D eigenvalue weighted by molar-refractivity contribution is -0.125. The van der Waals surface area contributed by atoms with Gasteiger partial charge in [0.1, 0.15) is 10.8 Å². The van der Waals surface area contributed by atoms with Gasteiger partial charge in [-0.3, -0.25) is 30.4 Å². The highest BCUT2D eigenvalue weighted by Gasteiger charge is 2.34. The van der Waals surface area contributed by atoms with Crippen molar-refractivity contribution in [2.24, 2.45) is 0 Å². The molecule has 2 amide bonds. The summed E-state index contributed by atoms with van der Waals surface area (Å²) in [5.41, 5.74) is 6.31. The van der Waals surface area contributed by atoms with Crippen LogP contribution in [-0.2, 0) is 11.2 Å². The molecule has 5 N–H and O–H groups in total. The Morgan fingerprint density at radius 3 is 2.54 bits per heavy atom. The second-order valence-electron chi connectivity index (χ2n) is 8.22. The fourth-order valence-corrected chi connectivity index (χ4v) is 5.31. The normalized spacial score (nSPS) is 13.8. The Hall–Kier alpha value is -3.45. The molecule has 11 nitrogen and oxygen atoms in total. The smallest absolute Gasteiger partial charge is 0.280 e. The molecule has 15 heteroatoms. The summed E-state index contributed by atoms with van der Waals surface area (Å²) in [5.74, 6) is -2.25. The topological polar surface area (TPSA) is 163 Å². The van der Waals surface area contributed by atoms with Gasteiger partial charge < -0.3 is 15.4 Å². The largest absolute Gasteiger partial charge is 0.478 e. The van der Waals surface area contributed by atoms with Crippen LogP contribution in [0.5, 0.6) is 5.75 Å². The Morgan fingerprint density at radius 1 is 1.18 bits per heavy atom. The maximum absolute atomic E-state index is 12.8. The summed E-state index contributed by atoms with van der Waals surface area (Å²) in [6.07, 6.45) is -1.03. The van der Waals surface area contributed by atoms with Gasteiger partial charge in [-0.25, -0.2) is 9.97 Å². The molecule has 3 aromatic rings. The zero-order valence-corrected chi connectivity index (χ0v) is 23.7. The summed E-state index contributed by atoms with van der Waals surface area (Å²) in [4.78, 5) is 48.8. The van der Waals surface area contributed by atoms with Crippen molar-refractivity contribution in [2.75, 3.05) is 23.7 Å². The van der Waals surface area contributed by atoms with E-state index in [9.17, 15) is 14.4 Å². The van der Waals surface area contributed by atoms with Gasteiger partial charge in [-0.1, -0.05) is 40.9 Å². The molecule has 3 heterocycles. The van der Waals surface area contributed by atoms with Crippen LogP contribution >= 0.6 is 46.1 Å². The number of thiophene rings is 1. The minimum atomic E-state index is -1.09. The molecule has 2 aromatic heterocycles. The molecule has 1 unspecified atom stereocenters. The number of aromatic nitrogens is 2. The van der Waals surface area contributed by atoms with E-state index in [4.69, 9.17) is 50.7 Å². The second kappa shape index (κ2) is 11.7. The van der Waals surface area contributed by atoms with E-state index < -0.39 is 23.9 Å². The van der Waals surface area contributed by atoms with Crippen molar-refractivity contribution < 1.29 is 19.1 Å². The summed E-state index contributed by atoms with van der Waals surface area (Å²) in [7, 11) is 0. The number of nitrogens with two attached hydrogens (primary N) is 1. The number of halogens is 3. The van der Waals surface area contributed by atoms with Gasteiger partial charge >= 0.3 is 0 Å². The van der Waals surface area contributed by atoms with Crippen LogP contribution in [0.4, 0.5) is 11.6 Å². The van der Waals surface area contributed by atoms with Gasteiger partial charge in [-0.2, -0.15) is 0 Å². The fourth-order valence-electron chi connectivity index (χ4n) is 3.89. The Balaban J connectivity index is 1.42. The molecule has 0 radical (unpaired) electrons. The number of anilines is 2. The van der Waals surface area contributed by atoms with Crippen LogP contribution in [0.25, 0.3) is 0 Å². The zero-order valence-electron chi connectivity index (χ0n) is 20.6. The number of carbonyl (C=O) groups excluding carboxylic acids is 3. The van der Waals surface area contributed by atoms with E-state index >= 15 is 0 Å². The molecule has 0 spiro atoms. The molecule has 1 aliphatic rings. The number of ketones is 1. The Morgan fingerprint density at radius 2 is 1.90 bits per heavy atom. The van der Waals surface area contributed by atoms with E-state index in [0.29, 0.717) is 29.3 Å². The standard InChI is InChI=1S/C24H22Cl3N7O4S/c1-3-34(4-2)21-19(27)30-16(20(28)31-21)23(37)33-24(29)32-22(36)12-9-10-8-11(14(25)15(26)18(10)38-12)17(35)13-6-5-7-39-13/h5-8,12H,3-4,9H2,1-2H3,(H2,28,31)(H3,29,32,33,36,37). The number of ether oxygens (including phenoxy) is 1. The fraction of sp³-hybridized carbons (Fsp3) is 0.250. The third kappa shape index (κ3) is 5.78. The number of rotatable bonds is 7. The molecular weight excluding hydrogens is 589 g/mol. The van der Waals surface area contributed by atoms with Gasteiger partial charge in [-0.15, -0.1) is 11.3 Å². The molecule has 204 valence electrons.